The molecule has 0 aliphatic carbocycles. The summed E-state index contributed by atoms with van der Waals surface area (Å²) < 4.78 is 0. The van der Waals surface area contributed by atoms with E-state index < -0.39 is 0 Å². The molecule has 2 aliphatic rings. The van der Waals surface area contributed by atoms with Crippen molar-refractivity contribution in [2.75, 3.05) is 26.2 Å². The van der Waals surface area contributed by atoms with Crippen molar-refractivity contribution in [1.82, 2.24) is 10.2 Å². The van der Waals surface area contributed by atoms with Crippen LogP contribution in [0.2, 0.25) is 0 Å². The first-order valence-electron chi connectivity index (χ1n) is 5.81. The van der Waals surface area contributed by atoms with Gasteiger partial charge in [0.25, 0.3) is 0 Å². The number of rotatable bonds is 3. The minimum Gasteiger partial charge on any atom is -0.317 e. The standard InChI is InChI=1S/C11H22N2/c1-10(13-7-2-8-13)9-11-3-5-12-6-4-11/h10-12H,2-9H2,1H3. The first-order valence-corrected chi connectivity index (χ1v) is 5.81. The molecular formula is C11H22N2. The zero-order valence-corrected chi connectivity index (χ0v) is 8.76. The Morgan fingerprint density at radius 3 is 2.54 bits per heavy atom. The van der Waals surface area contributed by atoms with Gasteiger partial charge in [0.1, 0.15) is 0 Å². The fraction of sp³-hybridized carbons (Fsp3) is 1.00. The van der Waals surface area contributed by atoms with Gasteiger partial charge in [-0.1, -0.05) is 0 Å². The molecule has 2 fully saturated rings. The van der Waals surface area contributed by atoms with Gasteiger partial charge in [-0.05, 0) is 64.7 Å². The number of piperidine rings is 1. The Balaban J connectivity index is 1.69. The highest BCUT2D eigenvalue weighted by molar-refractivity contribution is 4.79. The van der Waals surface area contributed by atoms with E-state index in [1.165, 1.54) is 51.9 Å². The van der Waals surface area contributed by atoms with Crippen LogP contribution in [-0.2, 0) is 0 Å². The van der Waals surface area contributed by atoms with Gasteiger partial charge in [0.2, 0.25) is 0 Å². The minimum atomic E-state index is 0.844. The van der Waals surface area contributed by atoms with Crippen molar-refractivity contribution in [2.24, 2.45) is 5.92 Å². The van der Waals surface area contributed by atoms with Gasteiger partial charge in [0.15, 0.2) is 0 Å². The molecule has 1 unspecified atom stereocenters. The Labute approximate surface area is 81.7 Å². The molecule has 2 saturated heterocycles. The van der Waals surface area contributed by atoms with Crippen molar-refractivity contribution >= 4 is 0 Å². The van der Waals surface area contributed by atoms with Crippen LogP contribution in [0.25, 0.3) is 0 Å². The zero-order valence-electron chi connectivity index (χ0n) is 8.76. The second-order valence-electron chi connectivity index (χ2n) is 4.67. The van der Waals surface area contributed by atoms with Gasteiger partial charge in [-0.2, -0.15) is 0 Å². The smallest absolute Gasteiger partial charge is 0.00696 e. The van der Waals surface area contributed by atoms with Crippen LogP contribution in [-0.4, -0.2) is 37.1 Å². The maximum atomic E-state index is 3.43. The highest BCUT2D eigenvalue weighted by Gasteiger charge is 2.23. The number of nitrogens with one attached hydrogen (secondary N) is 1. The van der Waals surface area contributed by atoms with Crippen molar-refractivity contribution in [3.05, 3.63) is 0 Å². The largest absolute Gasteiger partial charge is 0.317 e. The first kappa shape index (κ1) is 9.47. The second kappa shape index (κ2) is 4.43. The van der Waals surface area contributed by atoms with Crippen molar-refractivity contribution < 1.29 is 0 Å². The average Bonchev–Trinajstić information content (AvgIpc) is 2.02. The molecule has 0 spiro atoms. The molecule has 1 N–H and O–H groups in total. The van der Waals surface area contributed by atoms with Crippen LogP contribution in [0.5, 0.6) is 0 Å². The van der Waals surface area contributed by atoms with Crippen LogP contribution in [0.4, 0.5) is 0 Å². The van der Waals surface area contributed by atoms with Gasteiger partial charge in [0.05, 0.1) is 0 Å². The van der Waals surface area contributed by atoms with Crippen molar-refractivity contribution in [1.29, 1.82) is 0 Å². The van der Waals surface area contributed by atoms with Gasteiger partial charge >= 0.3 is 0 Å². The van der Waals surface area contributed by atoms with E-state index in [0.29, 0.717) is 0 Å². The van der Waals surface area contributed by atoms with Crippen LogP contribution in [0, 0.1) is 5.92 Å². The molecule has 76 valence electrons. The predicted octanol–water partition coefficient (Wildman–Crippen LogP) is 1.47. The summed E-state index contributed by atoms with van der Waals surface area (Å²) >= 11 is 0. The quantitative estimate of drug-likeness (QED) is 0.711. The van der Waals surface area contributed by atoms with E-state index in [2.05, 4.69) is 17.1 Å². The Kier molecular flexibility index (Phi) is 3.23. The summed E-state index contributed by atoms with van der Waals surface area (Å²) in [5, 5.41) is 3.43. The summed E-state index contributed by atoms with van der Waals surface area (Å²) in [4.78, 5) is 2.63. The molecule has 0 bridgehead atoms. The molecular weight excluding hydrogens is 160 g/mol. The fourth-order valence-corrected chi connectivity index (χ4v) is 2.53. The van der Waals surface area contributed by atoms with Crippen molar-refractivity contribution in [3.8, 4) is 0 Å². The molecule has 2 nitrogen and oxygen atoms in total. The lowest BCUT2D eigenvalue weighted by Gasteiger charge is -2.38. The second-order valence-corrected chi connectivity index (χ2v) is 4.67. The molecule has 13 heavy (non-hydrogen) atoms. The van der Waals surface area contributed by atoms with E-state index >= 15 is 0 Å². The number of nitrogens with zero attached hydrogens (tertiary/aromatic N) is 1. The molecule has 0 radical (unpaired) electrons. The van der Waals surface area contributed by atoms with Gasteiger partial charge < -0.3 is 10.2 Å². The van der Waals surface area contributed by atoms with Crippen LogP contribution in [0.15, 0.2) is 0 Å². The molecule has 0 aromatic carbocycles. The lowest BCUT2D eigenvalue weighted by Crippen LogP contribution is -2.45. The van der Waals surface area contributed by atoms with E-state index in [0.717, 1.165) is 12.0 Å². The summed E-state index contributed by atoms with van der Waals surface area (Å²) in [6.07, 6.45) is 5.66. The Morgan fingerprint density at radius 1 is 1.31 bits per heavy atom. The molecule has 0 aromatic heterocycles. The van der Waals surface area contributed by atoms with Crippen molar-refractivity contribution in [2.45, 2.75) is 38.6 Å². The third-order valence-electron chi connectivity index (χ3n) is 3.65. The van der Waals surface area contributed by atoms with Crippen LogP contribution in [0.1, 0.15) is 32.6 Å². The third kappa shape index (κ3) is 2.44. The Hall–Kier alpha value is -0.0800. The summed E-state index contributed by atoms with van der Waals surface area (Å²) in [6.45, 7) is 7.61. The van der Waals surface area contributed by atoms with E-state index in [9.17, 15) is 0 Å². The SMILES string of the molecule is CC(CC1CCNCC1)N1CCC1. The third-order valence-corrected chi connectivity index (χ3v) is 3.65. The fourth-order valence-electron chi connectivity index (χ4n) is 2.53. The molecule has 1 atom stereocenters. The molecule has 2 rings (SSSR count). The zero-order chi connectivity index (χ0) is 9.10. The number of hydrogen-bond donors (Lipinski definition) is 1. The summed E-state index contributed by atoms with van der Waals surface area (Å²) in [5.74, 6) is 0.997. The highest BCUT2D eigenvalue weighted by Crippen LogP contribution is 2.22. The maximum Gasteiger partial charge on any atom is 0.00696 e. The summed E-state index contributed by atoms with van der Waals surface area (Å²) in [5.41, 5.74) is 0. The molecule has 0 amide bonds. The van der Waals surface area contributed by atoms with Gasteiger partial charge in [-0.3, -0.25) is 0 Å². The van der Waals surface area contributed by atoms with Crippen molar-refractivity contribution in [3.63, 3.8) is 0 Å². The first-order chi connectivity index (χ1) is 6.36. The molecule has 0 saturated carbocycles. The molecule has 0 aromatic rings. The minimum absolute atomic E-state index is 0.844. The topological polar surface area (TPSA) is 15.3 Å². The van der Waals surface area contributed by atoms with E-state index in [1.54, 1.807) is 0 Å². The summed E-state index contributed by atoms with van der Waals surface area (Å²) in [6, 6.07) is 0.844. The normalized spacial score (nSPS) is 28.4. The maximum absolute atomic E-state index is 3.43. The highest BCUT2D eigenvalue weighted by atomic mass is 15.2. The molecule has 2 aliphatic heterocycles. The van der Waals surface area contributed by atoms with Crippen LogP contribution in [0.3, 0.4) is 0 Å². The van der Waals surface area contributed by atoms with Crippen LogP contribution >= 0.6 is 0 Å². The van der Waals surface area contributed by atoms with E-state index in [4.69, 9.17) is 0 Å². The Morgan fingerprint density at radius 2 is 2.00 bits per heavy atom. The number of likely N-dealkylation sites (tertiary alicyclic amines) is 1. The monoisotopic (exact) mass is 182 g/mol. The summed E-state index contributed by atoms with van der Waals surface area (Å²) in [7, 11) is 0. The molecule has 2 heteroatoms. The average molecular weight is 182 g/mol. The van der Waals surface area contributed by atoms with Gasteiger partial charge in [0, 0.05) is 6.04 Å². The van der Waals surface area contributed by atoms with E-state index in [-0.39, 0.29) is 0 Å². The van der Waals surface area contributed by atoms with Gasteiger partial charge in [-0.15, -0.1) is 0 Å². The lowest BCUT2D eigenvalue weighted by molar-refractivity contribution is 0.105. The van der Waals surface area contributed by atoms with Crippen LogP contribution < -0.4 is 5.32 Å². The van der Waals surface area contributed by atoms with Gasteiger partial charge in [-0.25, -0.2) is 0 Å². The molecule has 2 heterocycles. The Bertz CT molecular complexity index is 148. The number of hydrogen-bond acceptors (Lipinski definition) is 2. The van der Waals surface area contributed by atoms with E-state index in [1.807, 2.05) is 0 Å². The predicted molar refractivity (Wildman–Crippen MR) is 55.9 cm³/mol. The lowest BCUT2D eigenvalue weighted by atomic mass is 9.90.